The summed E-state index contributed by atoms with van der Waals surface area (Å²) in [5.74, 6) is 0.364. The molecule has 1 heterocycles. The van der Waals surface area contributed by atoms with Crippen molar-refractivity contribution in [2.24, 2.45) is 0 Å². The maximum atomic E-state index is 9.78. The maximum absolute atomic E-state index is 9.78. The lowest BCUT2D eigenvalue weighted by Gasteiger charge is -2.07. The Hall–Kier alpha value is -2.26. The zero-order valence-electron chi connectivity index (χ0n) is 12.5. The minimum atomic E-state index is 0.125. The summed E-state index contributed by atoms with van der Waals surface area (Å²) in [6.45, 7) is 0. The second-order valence-electron chi connectivity index (χ2n) is 5.60. The topological polar surface area (TPSA) is 41.5 Å². The van der Waals surface area contributed by atoms with Crippen LogP contribution in [0.15, 0.2) is 66.4 Å². The molecule has 0 amide bonds. The molecule has 1 atom stereocenters. The molecule has 22 heavy (non-hydrogen) atoms. The zero-order valence-corrected chi connectivity index (χ0v) is 12.5. The summed E-state index contributed by atoms with van der Waals surface area (Å²) < 4.78 is 0. The van der Waals surface area contributed by atoms with Crippen molar-refractivity contribution in [3.05, 3.63) is 77.5 Å². The number of nitrogens with one attached hydrogen (secondary N) is 1. The smallest absolute Gasteiger partial charge is 0.118 e. The fourth-order valence-electron chi connectivity index (χ4n) is 2.67. The van der Waals surface area contributed by atoms with Crippen molar-refractivity contribution in [2.45, 2.75) is 31.8 Å². The predicted octanol–water partition coefficient (Wildman–Crippen LogP) is 3.74. The summed E-state index contributed by atoms with van der Waals surface area (Å²) in [5.41, 5.74) is 6.42. The minimum absolute atomic E-state index is 0.125. The Bertz CT molecular complexity index is 637. The normalized spacial score (nSPS) is 17.1. The number of para-hydroxylation sites is 1. The second kappa shape index (κ2) is 7.14. The third-order valence-electron chi connectivity index (χ3n) is 3.94. The van der Waals surface area contributed by atoms with E-state index in [2.05, 4.69) is 35.8 Å². The van der Waals surface area contributed by atoms with E-state index in [1.807, 2.05) is 24.3 Å². The molecule has 0 aliphatic carbocycles. The molecule has 2 aromatic rings. The molecule has 0 fully saturated rings. The van der Waals surface area contributed by atoms with Gasteiger partial charge in [0.2, 0.25) is 0 Å². The summed E-state index contributed by atoms with van der Waals surface area (Å²) in [7, 11) is 0. The van der Waals surface area contributed by atoms with Crippen LogP contribution in [-0.2, 0) is 17.7 Å². The Morgan fingerprint density at radius 1 is 0.909 bits per heavy atom. The Morgan fingerprint density at radius 3 is 2.50 bits per heavy atom. The lowest BCUT2D eigenvalue weighted by molar-refractivity contribution is 0.0371. The lowest BCUT2D eigenvalue weighted by Crippen LogP contribution is -2.13. The lowest BCUT2D eigenvalue weighted by atomic mass is 10.0. The quantitative estimate of drug-likeness (QED) is 0.853. The first-order valence-electron chi connectivity index (χ1n) is 7.74. The van der Waals surface area contributed by atoms with Crippen LogP contribution in [0.5, 0.6) is 5.75 Å². The molecule has 0 saturated carbocycles. The Morgan fingerprint density at radius 2 is 1.68 bits per heavy atom. The molecule has 0 aromatic heterocycles. The number of phenols is 1. The van der Waals surface area contributed by atoms with Gasteiger partial charge in [-0.05, 0) is 49.0 Å². The van der Waals surface area contributed by atoms with Crippen LogP contribution in [0.4, 0.5) is 0 Å². The molecular weight excluding hydrogens is 274 g/mol. The van der Waals surface area contributed by atoms with Crippen molar-refractivity contribution in [2.75, 3.05) is 0 Å². The highest BCUT2D eigenvalue weighted by molar-refractivity contribution is 5.32. The van der Waals surface area contributed by atoms with Gasteiger partial charge in [0.15, 0.2) is 0 Å². The van der Waals surface area contributed by atoms with Crippen LogP contribution in [0.3, 0.4) is 0 Å². The number of hydroxylamine groups is 1. The highest BCUT2D eigenvalue weighted by Gasteiger charge is 2.16. The van der Waals surface area contributed by atoms with Crippen molar-refractivity contribution >= 4 is 0 Å². The van der Waals surface area contributed by atoms with Crippen LogP contribution >= 0.6 is 0 Å². The van der Waals surface area contributed by atoms with Crippen LogP contribution in [0.2, 0.25) is 0 Å². The van der Waals surface area contributed by atoms with Crippen LogP contribution in [-0.4, -0.2) is 11.2 Å². The van der Waals surface area contributed by atoms with E-state index in [-0.39, 0.29) is 6.10 Å². The average molecular weight is 295 g/mol. The Kier molecular flexibility index (Phi) is 4.76. The number of hydrogen-bond acceptors (Lipinski definition) is 3. The van der Waals surface area contributed by atoms with Crippen molar-refractivity contribution < 1.29 is 9.94 Å². The standard InChI is InChI=1S/C19H21NO2/c21-19-9-5-4-8-16(19)11-12-17-14-18(22-20-17)13-10-15-6-2-1-3-7-15/h1-9,14,18,20-21H,10-13H2. The molecule has 2 aromatic carbocycles. The van der Waals surface area contributed by atoms with Gasteiger partial charge in [-0.2, -0.15) is 0 Å². The first-order valence-corrected chi connectivity index (χ1v) is 7.74. The summed E-state index contributed by atoms with van der Waals surface area (Å²) >= 11 is 0. The zero-order chi connectivity index (χ0) is 15.2. The Balaban J connectivity index is 1.48. The van der Waals surface area contributed by atoms with Gasteiger partial charge < -0.3 is 5.11 Å². The van der Waals surface area contributed by atoms with Crippen LogP contribution in [0.25, 0.3) is 0 Å². The maximum Gasteiger partial charge on any atom is 0.118 e. The van der Waals surface area contributed by atoms with Crippen molar-refractivity contribution in [1.82, 2.24) is 5.48 Å². The molecule has 3 heteroatoms. The fraction of sp³-hybridized carbons (Fsp3) is 0.263. The summed E-state index contributed by atoms with van der Waals surface area (Å²) in [4.78, 5) is 5.60. The summed E-state index contributed by atoms with van der Waals surface area (Å²) in [6.07, 6.45) is 5.91. The van der Waals surface area contributed by atoms with Gasteiger partial charge in [0.25, 0.3) is 0 Å². The van der Waals surface area contributed by atoms with E-state index in [9.17, 15) is 5.11 Å². The van der Waals surface area contributed by atoms with E-state index >= 15 is 0 Å². The molecule has 114 valence electrons. The number of hydrogen-bond donors (Lipinski definition) is 2. The third-order valence-corrected chi connectivity index (χ3v) is 3.94. The van der Waals surface area contributed by atoms with Gasteiger partial charge in [0.1, 0.15) is 11.9 Å². The highest BCUT2D eigenvalue weighted by Crippen LogP contribution is 2.21. The minimum Gasteiger partial charge on any atom is -0.508 e. The van der Waals surface area contributed by atoms with Crippen LogP contribution < -0.4 is 5.48 Å². The third kappa shape index (κ3) is 3.89. The van der Waals surface area contributed by atoms with E-state index in [1.54, 1.807) is 6.07 Å². The molecule has 0 spiro atoms. The van der Waals surface area contributed by atoms with Gasteiger partial charge in [0.05, 0.1) is 0 Å². The number of benzene rings is 2. The van der Waals surface area contributed by atoms with Crippen molar-refractivity contribution in [3.63, 3.8) is 0 Å². The van der Waals surface area contributed by atoms with Gasteiger partial charge >= 0.3 is 0 Å². The molecule has 3 nitrogen and oxygen atoms in total. The number of phenolic OH excluding ortho intramolecular Hbond substituents is 1. The van der Waals surface area contributed by atoms with Gasteiger partial charge in [-0.3, -0.25) is 10.3 Å². The van der Waals surface area contributed by atoms with Crippen molar-refractivity contribution in [1.29, 1.82) is 0 Å². The van der Waals surface area contributed by atoms with Gasteiger partial charge in [0, 0.05) is 5.70 Å². The van der Waals surface area contributed by atoms with Gasteiger partial charge in [-0.25, -0.2) is 0 Å². The van der Waals surface area contributed by atoms with E-state index in [0.29, 0.717) is 5.75 Å². The fourth-order valence-corrected chi connectivity index (χ4v) is 2.67. The molecule has 0 bridgehead atoms. The summed E-state index contributed by atoms with van der Waals surface area (Å²) in [6, 6.07) is 17.9. The number of rotatable bonds is 6. The molecular formula is C19H21NO2. The van der Waals surface area contributed by atoms with Crippen LogP contribution in [0, 0.1) is 0 Å². The van der Waals surface area contributed by atoms with E-state index in [4.69, 9.17) is 4.84 Å². The molecule has 0 saturated heterocycles. The first kappa shape index (κ1) is 14.7. The number of aromatic hydroxyl groups is 1. The molecule has 3 rings (SSSR count). The second-order valence-corrected chi connectivity index (χ2v) is 5.60. The van der Waals surface area contributed by atoms with E-state index < -0.39 is 0 Å². The van der Waals surface area contributed by atoms with Gasteiger partial charge in [-0.1, -0.05) is 48.5 Å². The largest absolute Gasteiger partial charge is 0.508 e. The molecule has 0 radical (unpaired) electrons. The monoisotopic (exact) mass is 295 g/mol. The predicted molar refractivity (Wildman–Crippen MR) is 87.3 cm³/mol. The number of allylic oxidation sites excluding steroid dienone is 1. The molecule has 2 N–H and O–H groups in total. The van der Waals surface area contributed by atoms with E-state index in [0.717, 1.165) is 36.9 Å². The highest BCUT2D eigenvalue weighted by atomic mass is 16.7. The van der Waals surface area contributed by atoms with Gasteiger partial charge in [-0.15, -0.1) is 0 Å². The molecule has 1 aliphatic rings. The van der Waals surface area contributed by atoms with Crippen molar-refractivity contribution in [3.8, 4) is 5.75 Å². The Labute approximate surface area is 131 Å². The average Bonchev–Trinajstić information content (AvgIpc) is 3.01. The first-order chi connectivity index (χ1) is 10.8. The molecule has 1 aliphatic heterocycles. The number of aryl methyl sites for hydroxylation is 2. The molecule has 1 unspecified atom stereocenters. The SMILES string of the molecule is Oc1ccccc1CCC1=CC(CCc2ccccc2)ON1. The summed E-state index contributed by atoms with van der Waals surface area (Å²) in [5, 5.41) is 9.78. The van der Waals surface area contributed by atoms with E-state index in [1.165, 1.54) is 5.56 Å². The van der Waals surface area contributed by atoms with Crippen LogP contribution in [0.1, 0.15) is 24.0 Å².